The second-order valence-electron chi connectivity index (χ2n) is 3.62. The first-order valence-electron chi connectivity index (χ1n) is 4.92. The van der Waals surface area contributed by atoms with Crippen LogP contribution in [0.5, 0.6) is 0 Å². The Hall–Kier alpha value is -1.50. The summed E-state index contributed by atoms with van der Waals surface area (Å²) in [5.74, 6) is 0. The minimum Gasteiger partial charge on any atom is -0.344 e. The van der Waals surface area contributed by atoms with Crippen LogP contribution in [0.1, 0.15) is 19.4 Å². The van der Waals surface area contributed by atoms with Gasteiger partial charge in [-0.2, -0.15) is 0 Å². The summed E-state index contributed by atoms with van der Waals surface area (Å²) in [5.41, 5.74) is 5.21. The van der Waals surface area contributed by atoms with Gasteiger partial charge in [-0.1, -0.05) is 24.3 Å². The molecular formula is C13H15N. The zero-order valence-electron chi connectivity index (χ0n) is 8.91. The van der Waals surface area contributed by atoms with Crippen LogP contribution in [0.3, 0.4) is 0 Å². The average Bonchev–Trinajstić information content (AvgIpc) is 2.18. The molecular weight excluding hydrogens is 170 g/mol. The van der Waals surface area contributed by atoms with Crippen LogP contribution in [0.2, 0.25) is 0 Å². The lowest BCUT2D eigenvalue weighted by Crippen LogP contribution is -2.20. The largest absolute Gasteiger partial charge is 0.344 e. The van der Waals surface area contributed by atoms with E-state index in [1.165, 1.54) is 22.5 Å². The second-order valence-corrected chi connectivity index (χ2v) is 3.62. The standard InChI is InChI=1S/C13H15N/c1-4-12-10(2)9-11-7-5-6-8-13(11)14(12)3/h4-9H,1-3H3/b12-4+. The number of nitrogens with zero attached hydrogens (tertiary/aromatic N) is 1. The highest BCUT2D eigenvalue weighted by atomic mass is 15.1. The summed E-state index contributed by atoms with van der Waals surface area (Å²) in [6.45, 7) is 4.23. The summed E-state index contributed by atoms with van der Waals surface area (Å²) in [6, 6.07) is 8.47. The lowest BCUT2D eigenvalue weighted by molar-refractivity contribution is 1.08. The quantitative estimate of drug-likeness (QED) is 0.598. The van der Waals surface area contributed by atoms with Crippen molar-refractivity contribution in [3.63, 3.8) is 0 Å². The Bertz CT molecular complexity index is 413. The molecule has 0 saturated carbocycles. The van der Waals surface area contributed by atoms with Gasteiger partial charge in [0.15, 0.2) is 0 Å². The zero-order chi connectivity index (χ0) is 10.1. The Morgan fingerprint density at radius 2 is 1.93 bits per heavy atom. The first-order chi connectivity index (χ1) is 6.74. The molecule has 0 fully saturated rings. The summed E-state index contributed by atoms with van der Waals surface area (Å²) < 4.78 is 0. The van der Waals surface area contributed by atoms with Crippen LogP contribution in [-0.4, -0.2) is 7.05 Å². The van der Waals surface area contributed by atoms with Gasteiger partial charge in [0.25, 0.3) is 0 Å². The normalized spacial score (nSPS) is 18.1. The average molecular weight is 185 g/mol. The van der Waals surface area contributed by atoms with Gasteiger partial charge < -0.3 is 4.90 Å². The fraction of sp³-hybridized carbons (Fsp3) is 0.231. The Morgan fingerprint density at radius 3 is 2.64 bits per heavy atom. The van der Waals surface area contributed by atoms with E-state index in [9.17, 15) is 0 Å². The van der Waals surface area contributed by atoms with E-state index in [2.05, 4.69) is 62.2 Å². The summed E-state index contributed by atoms with van der Waals surface area (Å²) in [4.78, 5) is 2.24. The van der Waals surface area contributed by atoms with Crippen LogP contribution in [0.25, 0.3) is 6.08 Å². The third kappa shape index (κ3) is 1.25. The second kappa shape index (κ2) is 3.33. The minimum absolute atomic E-state index is 1.28. The Balaban J connectivity index is 2.61. The lowest BCUT2D eigenvalue weighted by Gasteiger charge is -2.29. The van der Waals surface area contributed by atoms with Gasteiger partial charge >= 0.3 is 0 Å². The number of likely N-dealkylation sites (N-methyl/N-ethyl adjacent to an activating group) is 1. The Kier molecular flexibility index (Phi) is 2.16. The number of rotatable bonds is 0. The number of benzene rings is 1. The molecule has 0 spiro atoms. The van der Waals surface area contributed by atoms with E-state index >= 15 is 0 Å². The number of fused-ring (bicyclic) bond motifs is 1. The van der Waals surface area contributed by atoms with Crippen LogP contribution in [0.15, 0.2) is 41.6 Å². The third-order valence-corrected chi connectivity index (χ3v) is 2.71. The molecule has 0 atom stereocenters. The summed E-state index contributed by atoms with van der Waals surface area (Å²) in [6.07, 6.45) is 4.40. The van der Waals surface area contributed by atoms with Crippen molar-refractivity contribution in [3.05, 3.63) is 47.2 Å². The van der Waals surface area contributed by atoms with Crippen LogP contribution in [0, 0.1) is 0 Å². The molecule has 0 radical (unpaired) electrons. The van der Waals surface area contributed by atoms with Crippen molar-refractivity contribution in [1.29, 1.82) is 0 Å². The van der Waals surface area contributed by atoms with Crippen molar-refractivity contribution < 1.29 is 0 Å². The molecule has 14 heavy (non-hydrogen) atoms. The molecule has 1 heteroatoms. The maximum atomic E-state index is 2.24. The van der Waals surface area contributed by atoms with E-state index in [-0.39, 0.29) is 0 Å². The van der Waals surface area contributed by atoms with Gasteiger partial charge in [-0.05, 0) is 37.1 Å². The smallest absolute Gasteiger partial charge is 0.0481 e. The first-order valence-corrected chi connectivity index (χ1v) is 4.92. The molecule has 0 saturated heterocycles. The van der Waals surface area contributed by atoms with E-state index in [0.717, 1.165) is 0 Å². The van der Waals surface area contributed by atoms with E-state index in [0.29, 0.717) is 0 Å². The van der Waals surface area contributed by atoms with Crippen LogP contribution >= 0.6 is 0 Å². The van der Waals surface area contributed by atoms with Gasteiger partial charge in [-0.15, -0.1) is 0 Å². The maximum Gasteiger partial charge on any atom is 0.0481 e. The number of anilines is 1. The highest BCUT2D eigenvalue weighted by molar-refractivity contribution is 5.78. The molecule has 1 aromatic carbocycles. The van der Waals surface area contributed by atoms with Gasteiger partial charge in [0.05, 0.1) is 0 Å². The molecule has 1 aromatic rings. The topological polar surface area (TPSA) is 3.24 Å². The van der Waals surface area contributed by atoms with Crippen LogP contribution in [-0.2, 0) is 0 Å². The van der Waals surface area contributed by atoms with Crippen molar-refractivity contribution >= 4 is 11.8 Å². The molecule has 1 nitrogen and oxygen atoms in total. The van der Waals surface area contributed by atoms with Gasteiger partial charge in [0.1, 0.15) is 0 Å². The number of allylic oxidation sites excluding steroid dienone is 2. The fourth-order valence-electron chi connectivity index (χ4n) is 2.04. The summed E-state index contributed by atoms with van der Waals surface area (Å²) in [5, 5.41) is 0. The molecule has 0 bridgehead atoms. The predicted octanol–water partition coefficient (Wildman–Crippen LogP) is 3.44. The molecule has 0 aromatic heterocycles. The number of hydrogen-bond donors (Lipinski definition) is 0. The molecule has 1 aliphatic rings. The number of para-hydroxylation sites is 1. The first kappa shape index (κ1) is 9.07. The van der Waals surface area contributed by atoms with Crippen LogP contribution in [0.4, 0.5) is 5.69 Å². The highest BCUT2D eigenvalue weighted by Gasteiger charge is 2.15. The molecule has 1 heterocycles. The van der Waals surface area contributed by atoms with Gasteiger partial charge in [-0.3, -0.25) is 0 Å². The predicted molar refractivity (Wildman–Crippen MR) is 62.3 cm³/mol. The van der Waals surface area contributed by atoms with E-state index in [4.69, 9.17) is 0 Å². The van der Waals surface area contributed by atoms with Crippen molar-refractivity contribution in [1.82, 2.24) is 0 Å². The third-order valence-electron chi connectivity index (χ3n) is 2.71. The monoisotopic (exact) mass is 185 g/mol. The lowest BCUT2D eigenvalue weighted by atomic mass is 10.0. The molecule has 0 unspecified atom stereocenters. The Labute approximate surface area is 85.4 Å². The zero-order valence-corrected chi connectivity index (χ0v) is 8.91. The SMILES string of the molecule is C/C=C1\C(C)=Cc2ccccc2N1C. The van der Waals surface area contributed by atoms with E-state index in [1.807, 2.05) is 0 Å². The highest BCUT2D eigenvalue weighted by Crippen LogP contribution is 2.32. The van der Waals surface area contributed by atoms with E-state index < -0.39 is 0 Å². The van der Waals surface area contributed by atoms with Gasteiger partial charge in [-0.25, -0.2) is 0 Å². The summed E-state index contributed by atoms with van der Waals surface area (Å²) >= 11 is 0. The fourth-order valence-corrected chi connectivity index (χ4v) is 2.04. The van der Waals surface area contributed by atoms with Crippen molar-refractivity contribution in [2.24, 2.45) is 0 Å². The van der Waals surface area contributed by atoms with Crippen molar-refractivity contribution in [2.75, 3.05) is 11.9 Å². The molecule has 0 amide bonds. The molecule has 0 N–H and O–H groups in total. The Morgan fingerprint density at radius 1 is 1.21 bits per heavy atom. The van der Waals surface area contributed by atoms with Gasteiger partial charge in [0, 0.05) is 18.4 Å². The molecule has 1 aliphatic heterocycles. The molecule has 0 aliphatic carbocycles. The van der Waals surface area contributed by atoms with Crippen LogP contribution < -0.4 is 4.90 Å². The maximum absolute atomic E-state index is 2.24. The van der Waals surface area contributed by atoms with Gasteiger partial charge in [0.2, 0.25) is 0 Å². The molecule has 2 rings (SSSR count). The number of hydrogen-bond acceptors (Lipinski definition) is 1. The van der Waals surface area contributed by atoms with Crippen molar-refractivity contribution in [2.45, 2.75) is 13.8 Å². The van der Waals surface area contributed by atoms with Crippen molar-refractivity contribution in [3.8, 4) is 0 Å². The molecule has 72 valence electrons. The summed E-state index contributed by atoms with van der Waals surface area (Å²) in [7, 11) is 2.12. The van der Waals surface area contributed by atoms with E-state index in [1.54, 1.807) is 0 Å². The minimum atomic E-state index is 1.28.